The fraction of sp³-hybridized carbons (Fsp3) is 0.462. The summed E-state index contributed by atoms with van der Waals surface area (Å²) in [5.41, 5.74) is 7.50. The second-order valence-electron chi connectivity index (χ2n) is 4.23. The molecule has 0 radical (unpaired) electrons. The Morgan fingerprint density at radius 1 is 1.50 bits per heavy atom. The molecule has 18 heavy (non-hydrogen) atoms. The van der Waals surface area contributed by atoms with E-state index >= 15 is 0 Å². The lowest BCUT2D eigenvalue weighted by Gasteiger charge is -2.18. The van der Waals surface area contributed by atoms with Gasteiger partial charge >= 0.3 is 0 Å². The molecule has 0 atom stereocenters. The van der Waals surface area contributed by atoms with Gasteiger partial charge in [0.05, 0.1) is 7.11 Å². The lowest BCUT2D eigenvalue weighted by Crippen LogP contribution is -2.26. The van der Waals surface area contributed by atoms with Gasteiger partial charge in [0.2, 0.25) is 5.91 Å². The number of amides is 1. The van der Waals surface area contributed by atoms with Crippen molar-refractivity contribution in [3.63, 3.8) is 0 Å². The summed E-state index contributed by atoms with van der Waals surface area (Å²) in [5.74, 6) is 0.859. The summed E-state index contributed by atoms with van der Waals surface area (Å²) < 4.78 is 5.29. The van der Waals surface area contributed by atoms with E-state index in [1.165, 1.54) is 0 Å². The molecule has 0 saturated heterocycles. The number of benzene rings is 1. The van der Waals surface area contributed by atoms with E-state index in [-0.39, 0.29) is 5.91 Å². The number of carbonyl (C=O) groups excluding carboxylic acids is 1. The van der Waals surface area contributed by atoms with Crippen molar-refractivity contribution in [3.05, 3.63) is 23.8 Å². The van der Waals surface area contributed by atoms with Gasteiger partial charge in [-0.3, -0.25) is 4.79 Å². The molecule has 1 aromatic rings. The lowest BCUT2D eigenvalue weighted by atomic mass is 10.1. The van der Waals surface area contributed by atoms with Gasteiger partial charge in [-0.05, 0) is 25.2 Å². The van der Waals surface area contributed by atoms with E-state index in [0.29, 0.717) is 25.2 Å². The Kier molecular flexibility index (Phi) is 5.45. The molecule has 1 amide bonds. The van der Waals surface area contributed by atoms with Crippen molar-refractivity contribution in [1.29, 1.82) is 0 Å². The van der Waals surface area contributed by atoms with Crippen LogP contribution in [0.2, 0.25) is 0 Å². The second kappa shape index (κ2) is 6.86. The average molecular weight is 251 g/mol. The molecule has 1 rings (SSSR count). The number of methoxy groups -OCH3 is 1. The molecule has 5 nitrogen and oxygen atoms in total. The highest BCUT2D eigenvalue weighted by atomic mass is 16.5. The third-order valence-corrected chi connectivity index (χ3v) is 2.74. The predicted octanol–water partition coefficient (Wildman–Crippen LogP) is 0.845. The average Bonchev–Trinajstić information content (AvgIpc) is 2.36. The maximum atomic E-state index is 11.2. The third-order valence-electron chi connectivity index (χ3n) is 2.74. The van der Waals surface area contributed by atoms with Gasteiger partial charge in [-0.1, -0.05) is 0 Å². The van der Waals surface area contributed by atoms with Crippen LogP contribution in [0.4, 0.5) is 5.69 Å². The Bertz CT molecular complexity index is 407. The number of nitrogens with zero attached hydrogens (tertiary/aromatic N) is 1. The number of hydrogen-bond acceptors (Lipinski definition) is 4. The van der Waals surface area contributed by atoms with Crippen LogP contribution in [0, 0.1) is 0 Å². The molecule has 100 valence electrons. The third kappa shape index (κ3) is 4.25. The Morgan fingerprint density at radius 2 is 2.22 bits per heavy atom. The molecule has 0 spiro atoms. The Hall–Kier alpha value is -1.75. The molecular formula is C13H21N3O2. The number of rotatable bonds is 6. The first kappa shape index (κ1) is 14.3. The molecule has 0 fully saturated rings. The van der Waals surface area contributed by atoms with Crippen LogP contribution in [0.15, 0.2) is 18.2 Å². The second-order valence-corrected chi connectivity index (χ2v) is 4.23. The summed E-state index contributed by atoms with van der Waals surface area (Å²) in [7, 11) is 5.24. The molecule has 0 aromatic heterocycles. The quantitative estimate of drug-likeness (QED) is 0.735. The summed E-state index contributed by atoms with van der Waals surface area (Å²) >= 11 is 0. The van der Waals surface area contributed by atoms with Crippen LogP contribution < -0.4 is 15.8 Å². The van der Waals surface area contributed by atoms with Gasteiger partial charge < -0.3 is 20.7 Å². The monoisotopic (exact) mass is 251 g/mol. The maximum Gasteiger partial charge on any atom is 0.221 e. The molecule has 3 N–H and O–H groups in total. The lowest BCUT2D eigenvalue weighted by molar-refractivity contribution is -0.120. The van der Waals surface area contributed by atoms with Crippen molar-refractivity contribution >= 4 is 11.6 Å². The Balaban J connectivity index is 2.60. The zero-order valence-electron chi connectivity index (χ0n) is 11.2. The van der Waals surface area contributed by atoms with E-state index in [9.17, 15) is 4.79 Å². The molecule has 0 aliphatic rings. The van der Waals surface area contributed by atoms with Gasteiger partial charge in [-0.2, -0.15) is 0 Å². The van der Waals surface area contributed by atoms with Crippen LogP contribution in [0.3, 0.4) is 0 Å². The highest BCUT2D eigenvalue weighted by molar-refractivity contribution is 5.75. The summed E-state index contributed by atoms with van der Waals surface area (Å²) in [6, 6.07) is 5.57. The first-order chi connectivity index (χ1) is 8.56. The summed E-state index contributed by atoms with van der Waals surface area (Å²) in [6.07, 6.45) is 0.484. The minimum absolute atomic E-state index is 0.0430. The van der Waals surface area contributed by atoms with Crippen molar-refractivity contribution < 1.29 is 9.53 Å². The van der Waals surface area contributed by atoms with E-state index in [1.54, 1.807) is 14.2 Å². The Morgan fingerprint density at radius 3 is 2.83 bits per heavy atom. The number of hydrogen-bond donors (Lipinski definition) is 2. The number of nitrogen functional groups attached to an aromatic ring is 1. The molecule has 0 saturated carbocycles. The fourth-order valence-corrected chi connectivity index (χ4v) is 1.71. The SMILES string of the molecule is CNC(=O)CCN(C)Cc1cc(N)ccc1OC. The molecule has 0 aliphatic heterocycles. The van der Waals surface area contributed by atoms with Gasteiger partial charge in [-0.25, -0.2) is 0 Å². The van der Waals surface area contributed by atoms with Gasteiger partial charge in [0.15, 0.2) is 0 Å². The normalized spacial score (nSPS) is 10.4. The van der Waals surface area contributed by atoms with Crippen LogP contribution >= 0.6 is 0 Å². The zero-order chi connectivity index (χ0) is 13.5. The number of ether oxygens (including phenoxy) is 1. The van der Waals surface area contributed by atoms with Crippen LogP contribution in [0.5, 0.6) is 5.75 Å². The highest BCUT2D eigenvalue weighted by Gasteiger charge is 2.08. The minimum atomic E-state index is 0.0430. The fourth-order valence-electron chi connectivity index (χ4n) is 1.71. The van der Waals surface area contributed by atoms with Crippen molar-refractivity contribution in [2.75, 3.05) is 33.5 Å². The number of carbonyl (C=O) groups is 1. The van der Waals surface area contributed by atoms with E-state index < -0.39 is 0 Å². The van der Waals surface area contributed by atoms with E-state index in [4.69, 9.17) is 10.5 Å². The number of nitrogens with one attached hydrogen (secondary N) is 1. The molecule has 0 unspecified atom stereocenters. The first-order valence-corrected chi connectivity index (χ1v) is 5.88. The largest absolute Gasteiger partial charge is 0.496 e. The summed E-state index contributed by atoms with van der Waals surface area (Å²) in [6.45, 7) is 1.39. The van der Waals surface area contributed by atoms with Crippen molar-refractivity contribution in [2.45, 2.75) is 13.0 Å². The molecule has 0 heterocycles. The highest BCUT2D eigenvalue weighted by Crippen LogP contribution is 2.22. The number of nitrogens with two attached hydrogens (primary N) is 1. The minimum Gasteiger partial charge on any atom is -0.496 e. The topological polar surface area (TPSA) is 67.6 Å². The van der Waals surface area contributed by atoms with E-state index in [0.717, 1.165) is 11.3 Å². The van der Waals surface area contributed by atoms with Gasteiger partial charge in [0.25, 0.3) is 0 Å². The van der Waals surface area contributed by atoms with E-state index in [2.05, 4.69) is 10.2 Å². The molecule has 0 bridgehead atoms. The predicted molar refractivity (Wildman–Crippen MR) is 72.4 cm³/mol. The van der Waals surface area contributed by atoms with Gasteiger partial charge in [-0.15, -0.1) is 0 Å². The maximum absolute atomic E-state index is 11.2. The first-order valence-electron chi connectivity index (χ1n) is 5.88. The number of anilines is 1. The van der Waals surface area contributed by atoms with Crippen LogP contribution in [-0.2, 0) is 11.3 Å². The van der Waals surface area contributed by atoms with Gasteiger partial charge in [0.1, 0.15) is 5.75 Å². The van der Waals surface area contributed by atoms with E-state index in [1.807, 2.05) is 25.2 Å². The summed E-state index contributed by atoms with van der Waals surface area (Å²) in [4.78, 5) is 13.2. The molecule has 1 aromatic carbocycles. The van der Waals surface area contributed by atoms with Crippen LogP contribution in [0.1, 0.15) is 12.0 Å². The summed E-state index contributed by atoms with van der Waals surface area (Å²) in [5, 5.41) is 2.61. The van der Waals surface area contributed by atoms with Crippen molar-refractivity contribution in [3.8, 4) is 5.75 Å². The van der Waals surface area contributed by atoms with Crippen molar-refractivity contribution in [2.24, 2.45) is 0 Å². The van der Waals surface area contributed by atoms with Crippen LogP contribution in [0.25, 0.3) is 0 Å². The van der Waals surface area contributed by atoms with Gasteiger partial charge in [0, 0.05) is 37.8 Å². The molecule has 5 heteroatoms. The standard InChI is InChI=1S/C13H21N3O2/c1-15-13(17)6-7-16(2)9-10-8-11(14)4-5-12(10)18-3/h4-5,8H,6-7,9,14H2,1-3H3,(H,15,17). The molecular weight excluding hydrogens is 230 g/mol. The van der Waals surface area contributed by atoms with Crippen LogP contribution in [-0.4, -0.2) is 38.6 Å². The van der Waals surface area contributed by atoms with Crippen molar-refractivity contribution in [1.82, 2.24) is 10.2 Å². The smallest absolute Gasteiger partial charge is 0.221 e. The molecule has 0 aliphatic carbocycles. The zero-order valence-corrected chi connectivity index (χ0v) is 11.2. The Labute approximate surface area is 108 Å².